The molecule has 90 valence electrons. The average molecular weight is 248 g/mol. The Morgan fingerprint density at radius 2 is 2.18 bits per heavy atom. The molecule has 2 aromatic heterocycles. The van der Waals surface area contributed by atoms with Crippen molar-refractivity contribution < 1.29 is 0 Å². The Morgan fingerprint density at radius 3 is 2.88 bits per heavy atom. The molecule has 1 atom stereocenters. The van der Waals surface area contributed by atoms with Crippen LogP contribution in [0, 0.1) is 0 Å². The smallest absolute Gasteiger partial charge is 0.131 e. The van der Waals surface area contributed by atoms with Crippen LogP contribution < -0.4 is 10.6 Å². The average Bonchev–Trinajstić information content (AvgIpc) is 2.82. The zero-order valence-corrected chi connectivity index (χ0v) is 10.8. The SMILES string of the molecule is CNc1cc(NC(C)Cc2ccsc2)ncn1. The number of aromatic nitrogens is 2. The van der Waals surface area contributed by atoms with Crippen molar-refractivity contribution in [1.82, 2.24) is 9.97 Å². The molecule has 2 aromatic rings. The van der Waals surface area contributed by atoms with Crippen molar-refractivity contribution in [2.75, 3.05) is 17.7 Å². The standard InChI is InChI=1S/C12H16N4S/c1-9(5-10-3-4-17-7-10)16-12-6-11(13-2)14-8-15-12/h3-4,6-9H,5H2,1-2H3,(H2,13,14,15,16). The van der Waals surface area contributed by atoms with Gasteiger partial charge in [0.15, 0.2) is 0 Å². The summed E-state index contributed by atoms with van der Waals surface area (Å²) in [6.45, 7) is 2.15. The Hall–Kier alpha value is -1.62. The first-order valence-corrected chi connectivity index (χ1v) is 6.49. The van der Waals surface area contributed by atoms with E-state index in [-0.39, 0.29) is 0 Å². The van der Waals surface area contributed by atoms with E-state index in [1.807, 2.05) is 13.1 Å². The van der Waals surface area contributed by atoms with Crippen LogP contribution in [0.3, 0.4) is 0 Å². The van der Waals surface area contributed by atoms with Gasteiger partial charge in [-0.15, -0.1) is 0 Å². The highest BCUT2D eigenvalue weighted by atomic mass is 32.1. The van der Waals surface area contributed by atoms with E-state index >= 15 is 0 Å². The molecule has 2 rings (SSSR count). The van der Waals surface area contributed by atoms with Crippen LogP contribution in [0.1, 0.15) is 12.5 Å². The summed E-state index contributed by atoms with van der Waals surface area (Å²) in [5, 5.41) is 10.6. The first-order valence-electron chi connectivity index (χ1n) is 5.55. The number of hydrogen-bond donors (Lipinski definition) is 2. The molecule has 1 unspecified atom stereocenters. The van der Waals surface area contributed by atoms with E-state index in [2.05, 4.69) is 44.4 Å². The van der Waals surface area contributed by atoms with Crippen LogP contribution >= 0.6 is 11.3 Å². The summed E-state index contributed by atoms with van der Waals surface area (Å²) < 4.78 is 0. The van der Waals surface area contributed by atoms with Crippen molar-refractivity contribution >= 4 is 23.0 Å². The van der Waals surface area contributed by atoms with Crippen LogP contribution in [0.15, 0.2) is 29.2 Å². The lowest BCUT2D eigenvalue weighted by Crippen LogP contribution is -2.18. The fourth-order valence-corrected chi connectivity index (χ4v) is 2.32. The molecule has 0 saturated carbocycles. The van der Waals surface area contributed by atoms with Gasteiger partial charge in [0.05, 0.1) is 0 Å². The lowest BCUT2D eigenvalue weighted by Gasteiger charge is -2.14. The minimum atomic E-state index is 0.351. The Labute approximate surface area is 105 Å². The highest BCUT2D eigenvalue weighted by Crippen LogP contribution is 2.13. The second-order valence-corrected chi connectivity index (χ2v) is 4.70. The van der Waals surface area contributed by atoms with Crippen LogP contribution in [-0.4, -0.2) is 23.1 Å². The number of nitrogens with zero attached hydrogens (tertiary/aromatic N) is 2. The van der Waals surface area contributed by atoms with Crippen molar-refractivity contribution in [3.63, 3.8) is 0 Å². The van der Waals surface area contributed by atoms with Crippen LogP contribution in [0.5, 0.6) is 0 Å². The highest BCUT2D eigenvalue weighted by molar-refractivity contribution is 7.07. The molecule has 2 N–H and O–H groups in total. The van der Waals surface area contributed by atoms with Crippen molar-refractivity contribution in [2.24, 2.45) is 0 Å². The van der Waals surface area contributed by atoms with Gasteiger partial charge < -0.3 is 10.6 Å². The Balaban J connectivity index is 1.95. The van der Waals surface area contributed by atoms with Crippen molar-refractivity contribution in [2.45, 2.75) is 19.4 Å². The van der Waals surface area contributed by atoms with Gasteiger partial charge in [0, 0.05) is 19.2 Å². The van der Waals surface area contributed by atoms with Crippen LogP contribution in [0.25, 0.3) is 0 Å². The van der Waals surface area contributed by atoms with Gasteiger partial charge in [0.2, 0.25) is 0 Å². The van der Waals surface area contributed by atoms with E-state index in [4.69, 9.17) is 0 Å². The van der Waals surface area contributed by atoms with Gasteiger partial charge in [-0.2, -0.15) is 11.3 Å². The maximum atomic E-state index is 4.20. The Morgan fingerprint density at radius 1 is 1.35 bits per heavy atom. The number of rotatable bonds is 5. The van der Waals surface area contributed by atoms with Crippen LogP contribution in [0.4, 0.5) is 11.6 Å². The van der Waals surface area contributed by atoms with Crippen molar-refractivity contribution in [3.8, 4) is 0 Å². The van der Waals surface area contributed by atoms with Crippen molar-refractivity contribution in [1.29, 1.82) is 0 Å². The van der Waals surface area contributed by atoms with Gasteiger partial charge in [-0.3, -0.25) is 0 Å². The molecule has 0 amide bonds. The molecule has 4 nitrogen and oxygen atoms in total. The first-order chi connectivity index (χ1) is 8.28. The zero-order valence-electron chi connectivity index (χ0n) is 9.97. The predicted octanol–water partition coefficient (Wildman–Crippen LogP) is 2.62. The largest absolute Gasteiger partial charge is 0.373 e. The molecular weight excluding hydrogens is 232 g/mol. The molecule has 17 heavy (non-hydrogen) atoms. The molecule has 0 aliphatic heterocycles. The summed E-state index contributed by atoms with van der Waals surface area (Å²) in [7, 11) is 1.85. The van der Waals surface area contributed by atoms with E-state index in [9.17, 15) is 0 Å². The fraction of sp³-hybridized carbons (Fsp3) is 0.333. The van der Waals surface area contributed by atoms with E-state index < -0.39 is 0 Å². The molecule has 0 fully saturated rings. The number of thiophene rings is 1. The molecule has 0 aromatic carbocycles. The van der Waals surface area contributed by atoms with Gasteiger partial charge in [-0.05, 0) is 35.7 Å². The second kappa shape index (κ2) is 5.63. The third-order valence-electron chi connectivity index (χ3n) is 2.44. The van der Waals surface area contributed by atoms with Gasteiger partial charge in [0.25, 0.3) is 0 Å². The maximum absolute atomic E-state index is 4.20. The summed E-state index contributed by atoms with van der Waals surface area (Å²) in [5.74, 6) is 1.68. The molecule has 0 saturated heterocycles. The maximum Gasteiger partial charge on any atom is 0.131 e. The molecule has 0 radical (unpaired) electrons. The topological polar surface area (TPSA) is 49.8 Å². The Bertz CT molecular complexity index is 455. The lowest BCUT2D eigenvalue weighted by atomic mass is 10.1. The first kappa shape index (κ1) is 11.9. The molecule has 0 aliphatic rings. The van der Waals surface area contributed by atoms with Gasteiger partial charge in [-0.1, -0.05) is 0 Å². The lowest BCUT2D eigenvalue weighted by molar-refractivity contribution is 0.786. The quantitative estimate of drug-likeness (QED) is 0.854. The van der Waals surface area contributed by atoms with Crippen LogP contribution in [0.2, 0.25) is 0 Å². The molecule has 0 bridgehead atoms. The molecule has 0 spiro atoms. The third-order valence-corrected chi connectivity index (χ3v) is 3.17. The fourth-order valence-electron chi connectivity index (χ4n) is 1.64. The molecule has 2 heterocycles. The predicted molar refractivity (Wildman–Crippen MR) is 72.7 cm³/mol. The van der Waals surface area contributed by atoms with E-state index in [1.165, 1.54) is 5.56 Å². The molecule has 0 aliphatic carbocycles. The monoisotopic (exact) mass is 248 g/mol. The number of hydrogen-bond acceptors (Lipinski definition) is 5. The summed E-state index contributed by atoms with van der Waals surface area (Å²) in [4.78, 5) is 8.28. The normalized spacial score (nSPS) is 12.1. The van der Waals surface area contributed by atoms with E-state index in [0.29, 0.717) is 6.04 Å². The summed E-state index contributed by atoms with van der Waals surface area (Å²) in [6.07, 6.45) is 2.56. The molecule has 5 heteroatoms. The second-order valence-electron chi connectivity index (χ2n) is 3.92. The van der Waals surface area contributed by atoms with E-state index in [0.717, 1.165) is 18.1 Å². The number of nitrogens with one attached hydrogen (secondary N) is 2. The highest BCUT2D eigenvalue weighted by Gasteiger charge is 2.05. The van der Waals surface area contributed by atoms with E-state index in [1.54, 1.807) is 17.7 Å². The minimum Gasteiger partial charge on any atom is -0.373 e. The van der Waals surface area contributed by atoms with Gasteiger partial charge in [0.1, 0.15) is 18.0 Å². The summed E-state index contributed by atoms with van der Waals surface area (Å²) >= 11 is 1.73. The van der Waals surface area contributed by atoms with Gasteiger partial charge >= 0.3 is 0 Å². The van der Waals surface area contributed by atoms with Crippen LogP contribution in [-0.2, 0) is 6.42 Å². The Kier molecular flexibility index (Phi) is 3.93. The third kappa shape index (κ3) is 3.42. The summed E-state index contributed by atoms with van der Waals surface area (Å²) in [5.41, 5.74) is 1.36. The van der Waals surface area contributed by atoms with Crippen molar-refractivity contribution in [3.05, 3.63) is 34.8 Å². The zero-order chi connectivity index (χ0) is 12.1. The summed E-state index contributed by atoms with van der Waals surface area (Å²) in [6, 6.07) is 4.41. The minimum absolute atomic E-state index is 0.351. The molecular formula is C12H16N4S. The van der Waals surface area contributed by atoms with Gasteiger partial charge in [-0.25, -0.2) is 9.97 Å². The number of anilines is 2.